The Morgan fingerprint density at radius 2 is 1.67 bits per heavy atom. The molecule has 3 aromatic carbocycles. The van der Waals surface area contributed by atoms with Crippen molar-refractivity contribution in [2.45, 2.75) is 0 Å². The summed E-state index contributed by atoms with van der Waals surface area (Å²) in [5.41, 5.74) is 2.28. The minimum absolute atomic E-state index is 0.0519. The van der Waals surface area contributed by atoms with Crippen LogP contribution >= 0.6 is 11.6 Å². The number of methoxy groups -OCH3 is 1. The van der Waals surface area contributed by atoms with Crippen molar-refractivity contribution in [2.75, 3.05) is 24.4 Å². The molecular weight excluding hydrogens is 364 g/mol. The second kappa shape index (κ2) is 8.96. The van der Waals surface area contributed by atoms with E-state index in [1.54, 1.807) is 49.6 Å². The second-order valence-corrected chi connectivity index (χ2v) is 6.13. The molecule has 0 bridgehead atoms. The number of hydrogen-bond donors (Lipinski definition) is 2. The van der Waals surface area contributed by atoms with Crippen molar-refractivity contribution in [1.82, 2.24) is 0 Å². The number of amides is 1. The first-order valence-electron chi connectivity index (χ1n) is 8.32. The number of para-hydroxylation sites is 1. The molecule has 0 aromatic heterocycles. The van der Waals surface area contributed by atoms with Gasteiger partial charge in [0.15, 0.2) is 6.61 Å². The van der Waals surface area contributed by atoms with Crippen molar-refractivity contribution in [3.63, 3.8) is 0 Å². The standard InChI is InChI=1S/C21H19ClN2O3/c1-26-20-12-7-15(22)13-19(20)23-16-8-10-17(11-9-16)24-21(25)14-27-18-5-3-2-4-6-18/h2-13,23H,14H2,1H3,(H,24,25). The average molecular weight is 383 g/mol. The van der Waals surface area contributed by atoms with Gasteiger partial charge >= 0.3 is 0 Å². The first-order valence-corrected chi connectivity index (χ1v) is 8.70. The molecule has 2 N–H and O–H groups in total. The Morgan fingerprint density at radius 1 is 0.963 bits per heavy atom. The highest BCUT2D eigenvalue weighted by Crippen LogP contribution is 2.30. The first-order chi connectivity index (χ1) is 13.1. The molecule has 0 aliphatic carbocycles. The van der Waals surface area contributed by atoms with Gasteiger partial charge in [-0.2, -0.15) is 0 Å². The first kappa shape index (κ1) is 18.6. The van der Waals surface area contributed by atoms with Gasteiger partial charge in [-0.3, -0.25) is 4.79 Å². The molecule has 0 aliphatic heterocycles. The molecule has 0 saturated heterocycles. The molecule has 0 spiro atoms. The second-order valence-electron chi connectivity index (χ2n) is 5.70. The third-order valence-corrected chi connectivity index (χ3v) is 3.96. The molecule has 0 saturated carbocycles. The normalized spacial score (nSPS) is 10.1. The summed E-state index contributed by atoms with van der Waals surface area (Å²) in [5.74, 6) is 1.12. The molecule has 3 rings (SSSR count). The van der Waals surface area contributed by atoms with E-state index < -0.39 is 0 Å². The number of benzene rings is 3. The van der Waals surface area contributed by atoms with E-state index in [4.69, 9.17) is 21.1 Å². The van der Waals surface area contributed by atoms with Crippen LogP contribution in [0, 0.1) is 0 Å². The maximum atomic E-state index is 12.0. The van der Waals surface area contributed by atoms with E-state index in [-0.39, 0.29) is 12.5 Å². The van der Waals surface area contributed by atoms with Gasteiger partial charge < -0.3 is 20.1 Å². The predicted octanol–water partition coefficient (Wildman–Crippen LogP) is 5.11. The van der Waals surface area contributed by atoms with E-state index in [1.165, 1.54) is 0 Å². The summed E-state index contributed by atoms with van der Waals surface area (Å²) in [5, 5.41) is 6.65. The summed E-state index contributed by atoms with van der Waals surface area (Å²) in [4.78, 5) is 12.0. The summed E-state index contributed by atoms with van der Waals surface area (Å²) < 4.78 is 10.7. The van der Waals surface area contributed by atoms with Crippen LogP contribution in [0.25, 0.3) is 0 Å². The van der Waals surface area contributed by atoms with Crippen molar-refractivity contribution in [1.29, 1.82) is 0 Å². The van der Waals surface area contributed by atoms with Crippen LogP contribution < -0.4 is 20.1 Å². The maximum Gasteiger partial charge on any atom is 0.262 e. The molecule has 0 aliphatic rings. The van der Waals surface area contributed by atoms with Gasteiger partial charge in [-0.25, -0.2) is 0 Å². The Hall–Kier alpha value is -3.18. The number of hydrogen-bond acceptors (Lipinski definition) is 4. The summed E-state index contributed by atoms with van der Waals surface area (Å²) in [6.07, 6.45) is 0. The Kier molecular flexibility index (Phi) is 6.18. The van der Waals surface area contributed by atoms with Gasteiger partial charge in [-0.15, -0.1) is 0 Å². The van der Waals surface area contributed by atoms with E-state index in [0.717, 1.165) is 11.4 Å². The third-order valence-electron chi connectivity index (χ3n) is 3.72. The molecule has 138 valence electrons. The van der Waals surface area contributed by atoms with Crippen LogP contribution in [0.15, 0.2) is 72.8 Å². The lowest BCUT2D eigenvalue weighted by molar-refractivity contribution is -0.118. The van der Waals surface area contributed by atoms with Crippen molar-refractivity contribution in [3.05, 3.63) is 77.8 Å². The smallest absolute Gasteiger partial charge is 0.262 e. The zero-order chi connectivity index (χ0) is 19.1. The largest absolute Gasteiger partial charge is 0.495 e. The molecule has 3 aromatic rings. The number of halogens is 1. The highest BCUT2D eigenvalue weighted by molar-refractivity contribution is 6.31. The summed E-state index contributed by atoms with van der Waals surface area (Å²) >= 11 is 6.04. The van der Waals surface area contributed by atoms with Crippen molar-refractivity contribution in [2.24, 2.45) is 0 Å². The fraction of sp³-hybridized carbons (Fsp3) is 0.0952. The summed E-state index contributed by atoms with van der Waals surface area (Å²) in [6, 6.07) is 21.9. The molecule has 0 fully saturated rings. The number of ether oxygens (including phenoxy) is 2. The molecule has 6 heteroatoms. The number of nitrogens with one attached hydrogen (secondary N) is 2. The molecule has 0 unspecified atom stereocenters. The molecule has 0 heterocycles. The lowest BCUT2D eigenvalue weighted by Gasteiger charge is -2.12. The number of carbonyl (C=O) groups excluding carboxylic acids is 1. The van der Waals surface area contributed by atoms with Gasteiger partial charge in [0.1, 0.15) is 11.5 Å². The highest BCUT2D eigenvalue weighted by atomic mass is 35.5. The van der Waals surface area contributed by atoms with Gasteiger partial charge in [-0.1, -0.05) is 29.8 Å². The number of carbonyl (C=O) groups is 1. The molecule has 1 amide bonds. The van der Waals surface area contributed by atoms with Crippen LogP contribution in [-0.4, -0.2) is 19.6 Å². The predicted molar refractivity (Wildman–Crippen MR) is 108 cm³/mol. The Balaban J connectivity index is 1.57. The van der Waals surface area contributed by atoms with E-state index >= 15 is 0 Å². The topological polar surface area (TPSA) is 59.6 Å². The zero-order valence-electron chi connectivity index (χ0n) is 14.7. The summed E-state index contributed by atoms with van der Waals surface area (Å²) in [7, 11) is 1.60. The van der Waals surface area contributed by atoms with Crippen LogP contribution in [-0.2, 0) is 4.79 Å². The number of rotatable bonds is 7. The van der Waals surface area contributed by atoms with Gasteiger partial charge in [0.2, 0.25) is 0 Å². The Labute approximate surface area is 162 Å². The molecule has 27 heavy (non-hydrogen) atoms. The van der Waals surface area contributed by atoms with Gasteiger partial charge in [0.25, 0.3) is 5.91 Å². The van der Waals surface area contributed by atoms with Gasteiger partial charge in [0.05, 0.1) is 12.8 Å². The zero-order valence-corrected chi connectivity index (χ0v) is 15.5. The van der Waals surface area contributed by atoms with Crippen LogP contribution in [0.5, 0.6) is 11.5 Å². The van der Waals surface area contributed by atoms with Gasteiger partial charge in [0, 0.05) is 16.4 Å². The average Bonchev–Trinajstić information content (AvgIpc) is 2.69. The van der Waals surface area contributed by atoms with E-state index in [9.17, 15) is 4.79 Å². The number of anilines is 3. The fourth-order valence-electron chi connectivity index (χ4n) is 2.43. The summed E-state index contributed by atoms with van der Waals surface area (Å²) in [6.45, 7) is -0.0519. The van der Waals surface area contributed by atoms with Crippen LogP contribution in [0.3, 0.4) is 0 Å². The Bertz CT molecular complexity index is 899. The molecular formula is C21H19ClN2O3. The lowest BCUT2D eigenvalue weighted by Crippen LogP contribution is -2.20. The molecule has 0 atom stereocenters. The van der Waals surface area contributed by atoms with E-state index in [2.05, 4.69) is 10.6 Å². The molecule has 0 radical (unpaired) electrons. The van der Waals surface area contributed by atoms with Crippen molar-refractivity contribution >= 4 is 34.6 Å². The third kappa shape index (κ3) is 5.39. The van der Waals surface area contributed by atoms with E-state index in [1.807, 2.05) is 30.3 Å². The van der Waals surface area contributed by atoms with Crippen molar-refractivity contribution in [3.8, 4) is 11.5 Å². The van der Waals surface area contributed by atoms with Crippen LogP contribution in [0.2, 0.25) is 5.02 Å². The van der Waals surface area contributed by atoms with E-state index in [0.29, 0.717) is 22.2 Å². The lowest BCUT2D eigenvalue weighted by atomic mass is 10.2. The molecule has 5 nitrogen and oxygen atoms in total. The Morgan fingerprint density at radius 3 is 2.37 bits per heavy atom. The monoisotopic (exact) mass is 382 g/mol. The minimum atomic E-state index is -0.226. The van der Waals surface area contributed by atoms with Crippen molar-refractivity contribution < 1.29 is 14.3 Å². The van der Waals surface area contributed by atoms with Crippen LogP contribution in [0.4, 0.5) is 17.1 Å². The quantitative estimate of drug-likeness (QED) is 0.596. The fourth-order valence-corrected chi connectivity index (χ4v) is 2.61. The maximum absolute atomic E-state index is 12.0. The minimum Gasteiger partial charge on any atom is -0.495 e. The van der Waals surface area contributed by atoms with Gasteiger partial charge in [-0.05, 0) is 54.6 Å². The highest BCUT2D eigenvalue weighted by Gasteiger charge is 2.06. The SMILES string of the molecule is COc1ccc(Cl)cc1Nc1ccc(NC(=O)COc2ccccc2)cc1. The van der Waals surface area contributed by atoms with Crippen LogP contribution in [0.1, 0.15) is 0 Å².